The molecule has 1 aliphatic rings. The highest BCUT2D eigenvalue weighted by Gasteiger charge is 2.06. The predicted molar refractivity (Wildman–Crippen MR) is 63.1 cm³/mol. The third kappa shape index (κ3) is 2.67. The summed E-state index contributed by atoms with van der Waals surface area (Å²) in [6, 6.07) is 5.69. The third-order valence-corrected chi connectivity index (χ3v) is 2.35. The molecule has 16 heavy (non-hydrogen) atoms. The number of rotatable bonds is 2. The Morgan fingerprint density at radius 3 is 3.12 bits per heavy atom. The Balaban J connectivity index is 2.05. The number of morpholine rings is 1. The van der Waals surface area contributed by atoms with Crippen LogP contribution < -0.4 is 15.8 Å². The van der Waals surface area contributed by atoms with E-state index >= 15 is 0 Å². The number of nitrogen functional groups attached to an aromatic ring is 1. The van der Waals surface area contributed by atoms with Crippen LogP contribution in [0.15, 0.2) is 30.2 Å². The van der Waals surface area contributed by atoms with E-state index < -0.39 is 0 Å². The van der Waals surface area contributed by atoms with Gasteiger partial charge in [0.25, 0.3) is 0 Å². The molecular formula is C12H16N2O2. The van der Waals surface area contributed by atoms with E-state index in [9.17, 15) is 0 Å². The lowest BCUT2D eigenvalue weighted by Crippen LogP contribution is -2.29. The number of anilines is 1. The van der Waals surface area contributed by atoms with Gasteiger partial charge in [-0.15, -0.1) is 0 Å². The Bertz CT molecular complexity index is 394. The number of nitrogens with two attached hydrogens (primary N) is 1. The van der Waals surface area contributed by atoms with Gasteiger partial charge in [-0.1, -0.05) is 6.07 Å². The van der Waals surface area contributed by atoms with E-state index in [0.717, 1.165) is 17.9 Å². The Labute approximate surface area is 95.0 Å². The van der Waals surface area contributed by atoms with Gasteiger partial charge in [-0.25, -0.2) is 0 Å². The first kappa shape index (κ1) is 10.8. The van der Waals surface area contributed by atoms with Crippen molar-refractivity contribution in [1.82, 2.24) is 5.32 Å². The number of ether oxygens (including phenoxy) is 2. The zero-order chi connectivity index (χ0) is 11.4. The van der Waals surface area contributed by atoms with Gasteiger partial charge in [-0.3, -0.25) is 0 Å². The van der Waals surface area contributed by atoms with Crippen LogP contribution in [-0.2, 0) is 4.74 Å². The molecule has 2 rings (SSSR count). The molecule has 0 aromatic heterocycles. The minimum atomic E-state index is 0.631. The summed E-state index contributed by atoms with van der Waals surface area (Å²) in [5, 5.41) is 3.19. The molecule has 0 spiro atoms. The van der Waals surface area contributed by atoms with Crippen molar-refractivity contribution in [2.75, 3.05) is 25.4 Å². The zero-order valence-electron chi connectivity index (χ0n) is 9.32. The fourth-order valence-corrected chi connectivity index (χ4v) is 1.47. The van der Waals surface area contributed by atoms with Crippen molar-refractivity contribution >= 4 is 5.69 Å². The molecule has 0 aliphatic carbocycles. The minimum Gasteiger partial charge on any atom is -0.492 e. The smallest absolute Gasteiger partial charge is 0.149 e. The second-order valence-electron chi connectivity index (χ2n) is 3.77. The van der Waals surface area contributed by atoms with Crippen molar-refractivity contribution in [1.29, 1.82) is 0 Å². The number of nitrogens with one attached hydrogen (secondary N) is 1. The van der Waals surface area contributed by atoms with Gasteiger partial charge in [0.2, 0.25) is 0 Å². The summed E-state index contributed by atoms with van der Waals surface area (Å²) in [4.78, 5) is 0. The van der Waals surface area contributed by atoms with E-state index in [1.165, 1.54) is 0 Å². The predicted octanol–water partition coefficient (Wildman–Crippen LogP) is 1.42. The molecule has 0 radical (unpaired) electrons. The van der Waals surface area contributed by atoms with Crippen LogP contribution in [0.4, 0.5) is 5.69 Å². The van der Waals surface area contributed by atoms with Gasteiger partial charge < -0.3 is 20.5 Å². The van der Waals surface area contributed by atoms with E-state index in [1.54, 1.807) is 6.26 Å². The Kier molecular flexibility index (Phi) is 3.31. The molecule has 1 aliphatic heterocycles. The van der Waals surface area contributed by atoms with Crippen molar-refractivity contribution in [3.63, 3.8) is 0 Å². The van der Waals surface area contributed by atoms with Gasteiger partial charge in [0.15, 0.2) is 0 Å². The highest BCUT2D eigenvalue weighted by atomic mass is 16.5. The van der Waals surface area contributed by atoms with Gasteiger partial charge in [-0.05, 0) is 24.6 Å². The maximum absolute atomic E-state index is 5.79. The molecule has 0 unspecified atom stereocenters. The first-order valence-electron chi connectivity index (χ1n) is 5.31. The van der Waals surface area contributed by atoms with Gasteiger partial charge in [0, 0.05) is 6.54 Å². The normalized spacial score (nSPS) is 18.2. The van der Waals surface area contributed by atoms with E-state index in [4.69, 9.17) is 15.2 Å². The van der Waals surface area contributed by atoms with E-state index in [1.807, 2.05) is 25.1 Å². The molecule has 1 aromatic carbocycles. The van der Waals surface area contributed by atoms with Crippen molar-refractivity contribution in [3.8, 4) is 5.75 Å². The summed E-state index contributed by atoms with van der Waals surface area (Å²) >= 11 is 0. The maximum atomic E-state index is 5.79. The van der Waals surface area contributed by atoms with Crippen molar-refractivity contribution < 1.29 is 9.47 Å². The van der Waals surface area contributed by atoms with Gasteiger partial charge in [0.05, 0.1) is 12.2 Å². The lowest BCUT2D eigenvalue weighted by molar-refractivity contribution is 0.168. The number of hydrogen-bond acceptors (Lipinski definition) is 4. The van der Waals surface area contributed by atoms with E-state index in [0.29, 0.717) is 24.6 Å². The summed E-state index contributed by atoms with van der Waals surface area (Å²) in [6.45, 7) is 4.26. The van der Waals surface area contributed by atoms with Crippen LogP contribution in [0.3, 0.4) is 0 Å². The largest absolute Gasteiger partial charge is 0.492 e. The Morgan fingerprint density at radius 2 is 2.38 bits per heavy atom. The lowest BCUT2D eigenvalue weighted by Gasteiger charge is -2.17. The number of benzene rings is 1. The monoisotopic (exact) mass is 220 g/mol. The average molecular weight is 220 g/mol. The topological polar surface area (TPSA) is 56.5 Å². The molecule has 1 saturated heterocycles. The number of hydrogen-bond donors (Lipinski definition) is 2. The standard InChI is InChI=1S/C12H16N2O2/c1-9-2-3-11(13)12(6-9)16-8-10-7-14-4-5-15-10/h2-3,6,8,14H,4-5,7,13H2,1H3/b10-8-. The summed E-state index contributed by atoms with van der Waals surface area (Å²) in [7, 11) is 0. The molecule has 4 heteroatoms. The van der Waals surface area contributed by atoms with Crippen LogP contribution in [0.1, 0.15) is 5.56 Å². The molecule has 1 fully saturated rings. The van der Waals surface area contributed by atoms with Crippen molar-refractivity contribution in [2.45, 2.75) is 6.92 Å². The summed E-state index contributed by atoms with van der Waals surface area (Å²) in [6.07, 6.45) is 1.61. The molecule has 86 valence electrons. The summed E-state index contributed by atoms with van der Waals surface area (Å²) in [5.74, 6) is 1.47. The minimum absolute atomic E-state index is 0.631. The highest BCUT2D eigenvalue weighted by molar-refractivity contribution is 5.54. The quantitative estimate of drug-likeness (QED) is 0.584. The molecule has 0 amide bonds. The molecule has 1 aromatic rings. The zero-order valence-corrected chi connectivity index (χ0v) is 9.32. The first-order chi connectivity index (χ1) is 7.75. The van der Waals surface area contributed by atoms with Gasteiger partial charge in [0.1, 0.15) is 24.4 Å². The number of aryl methyl sites for hydroxylation is 1. The van der Waals surface area contributed by atoms with Gasteiger partial charge >= 0.3 is 0 Å². The second kappa shape index (κ2) is 4.90. The average Bonchev–Trinajstić information content (AvgIpc) is 2.32. The molecular weight excluding hydrogens is 204 g/mol. The SMILES string of the molecule is Cc1ccc(N)c(O/C=C2/CNCCO2)c1. The lowest BCUT2D eigenvalue weighted by atomic mass is 10.2. The Hall–Kier alpha value is -1.68. The van der Waals surface area contributed by atoms with Gasteiger partial charge in [-0.2, -0.15) is 0 Å². The molecule has 0 atom stereocenters. The molecule has 4 nitrogen and oxygen atoms in total. The van der Waals surface area contributed by atoms with Crippen LogP contribution >= 0.6 is 0 Å². The second-order valence-corrected chi connectivity index (χ2v) is 3.77. The van der Waals surface area contributed by atoms with Crippen molar-refractivity contribution in [3.05, 3.63) is 35.8 Å². The highest BCUT2D eigenvalue weighted by Crippen LogP contribution is 2.22. The molecule has 1 heterocycles. The summed E-state index contributed by atoms with van der Waals surface area (Å²) in [5.41, 5.74) is 7.54. The van der Waals surface area contributed by atoms with Crippen LogP contribution in [0.25, 0.3) is 0 Å². The van der Waals surface area contributed by atoms with Crippen LogP contribution in [0, 0.1) is 6.92 Å². The van der Waals surface area contributed by atoms with E-state index in [-0.39, 0.29) is 0 Å². The van der Waals surface area contributed by atoms with Crippen LogP contribution in [-0.4, -0.2) is 19.7 Å². The van der Waals surface area contributed by atoms with Crippen LogP contribution in [0.5, 0.6) is 5.75 Å². The molecule has 0 bridgehead atoms. The first-order valence-corrected chi connectivity index (χ1v) is 5.31. The summed E-state index contributed by atoms with van der Waals surface area (Å²) < 4.78 is 10.9. The molecule has 3 N–H and O–H groups in total. The fraction of sp³-hybridized carbons (Fsp3) is 0.333. The molecule has 0 saturated carbocycles. The third-order valence-electron chi connectivity index (χ3n) is 2.35. The maximum Gasteiger partial charge on any atom is 0.149 e. The van der Waals surface area contributed by atoms with Crippen LogP contribution in [0.2, 0.25) is 0 Å². The Morgan fingerprint density at radius 1 is 1.50 bits per heavy atom. The fourth-order valence-electron chi connectivity index (χ4n) is 1.47. The van der Waals surface area contributed by atoms with E-state index in [2.05, 4.69) is 5.32 Å². The van der Waals surface area contributed by atoms with Crippen molar-refractivity contribution in [2.24, 2.45) is 0 Å².